The number of halogens is 1. The molecule has 1 atom stereocenters. The number of ether oxygens (including phenoxy) is 1. The second-order valence-corrected chi connectivity index (χ2v) is 4.12. The molecule has 1 aliphatic rings. The number of ketones is 1. The van der Waals surface area contributed by atoms with Gasteiger partial charge in [-0.2, -0.15) is 0 Å². The Morgan fingerprint density at radius 2 is 2.29 bits per heavy atom. The van der Waals surface area contributed by atoms with Crippen molar-refractivity contribution in [2.24, 2.45) is 5.92 Å². The van der Waals surface area contributed by atoms with E-state index in [4.69, 9.17) is 16.3 Å². The minimum absolute atomic E-state index is 0.118. The van der Waals surface area contributed by atoms with Gasteiger partial charge in [0.2, 0.25) is 0 Å². The van der Waals surface area contributed by atoms with Crippen molar-refractivity contribution < 1.29 is 9.53 Å². The third-order valence-corrected chi connectivity index (χ3v) is 2.53. The Labute approximate surface area is 87.8 Å². The van der Waals surface area contributed by atoms with Crippen LogP contribution in [0, 0.1) is 5.92 Å². The van der Waals surface area contributed by atoms with Gasteiger partial charge in [-0.1, -0.05) is 18.5 Å². The van der Waals surface area contributed by atoms with Crippen molar-refractivity contribution in [3.8, 4) is 5.75 Å². The van der Waals surface area contributed by atoms with Crippen molar-refractivity contribution in [2.45, 2.75) is 13.3 Å². The van der Waals surface area contributed by atoms with Gasteiger partial charge in [-0.15, -0.1) is 0 Å². The summed E-state index contributed by atoms with van der Waals surface area (Å²) in [5.41, 5.74) is 0.613. The van der Waals surface area contributed by atoms with E-state index < -0.39 is 0 Å². The lowest BCUT2D eigenvalue weighted by Gasteiger charge is -2.06. The highest BCUT2D eigenvalue weighted by Gasteiger charge is 2.20. The molecule has 2 nitrogen and oxygen atoms in total. The molecule has 0 radical (unpaired) electrons. The molecule has 0 bridgehead atoms. The highest BCUT2D eigenvalue weighted by molar-refractivity contribution is 6.31. The van der Waals surface area contributed by atoms with Crippen molar-refractivity contribution >= 4 is 17.4 Å². The SMILES string of the molecule is C[C@@H]1COc2ccc(Cl)cc2C(=O)C1. The van der Waals surface area contributed by atoms with Gasteiger partial charge in [0.15, 0.2) is 5.78 Å². The highest BCUT2D eigenvalue weighted by atomic mass is 35.5. The Bertz CT molecular complexity index is 374. The molecule has 1 heterocycles. The van der Waals surface area contributed by atoms with Crippen LogP contribution in [0.2, 0.25) is 5.02 Å². The Morgan fingerprint density at radius 1 is 1.50 bits per heavy atom. The van der Waals surface area contributed by atoms with Crippen molar-refractivity contribution in [3.63, 3.8) is 0 Å². The van der Waals surface area contributed by atoms with Gasteiger partial charge in [0.05, 0.1) is 12.2 Å². The molecule has 0 spiro atoms. The van der Waals surface area contributed by atoms with E-state index in [-0.39, 0.29) is 11.7 Å². The second-order valence-electron chi connectivity index (χ2n) is 3.68. The summed E-state index contributed by atoms with van der Waals surface area (Å²) in [7, 11) is 0. The van der Waals surface area contributed by atoms with Gasteiger partial charge in [-0.25, -0.2) is 0 Å². The predicted molar refractivity (Wildman–Crippen MR) is 55.1 cm³/mol. The van der Waals surface area contributed by atoms with Gasteiger partial charge in [-0.3, -0.25) is 4.79 Å². The van der Waals surface area contributed by atoms with Gasteiger partial charge in [0.25, 0.3) is 0 Å². The first-order chi connectivity index (χ1) is 6.66. The van der Waals surface area contributed by atoms with Crippen LogP contribution >= 0.6 is 11.6 Å². The number of hydrogen-bond acceptors (Lipinski definition) is 2. The minimum atomic E-state index is 0.118. The lowest BCUT2D eigenvalue weighted by atomic mass is 10.0. The first-order valence-electron chi connectivity index (χ1n) is 4.62. The molecule has 0 unspecified atom stereocenters. The summed E-state index contributed by atoms with van der Waals surface area (Å²) in [5.74, 6) is 1.05. The van der Waals surface area contributed by atoms with Gasteiger partial charge in [-0.05, 0) is 24.1 Å². The van der Waals surface area contributed by atoms with Gasteiger partial charge in [0, 0.05) is 11.4 Å². The third-order valence-electron chi connectivity index (χ3n) is 2.30. The number of fused-ring (bicyclic) bond motifs is 1. The van der Waals surface area contributed by atoms with Crippen LogP contribution in [0.1, 0.15) is 23.7 Å². The Balaban J connectivity index is 2.44. The van der Waals surface area contributed by atoms with Crippen molar-refractivity contribution in [2.75, 3.05) is 6.61 Å². The molecule has 0 saturated heterocycles. The number of carbonyl (C=O) groups is 1. The van der Waals surface area contributed by atoms with E-state index in [9.17, 15) is 4.79 Å². The van der Waals surface area contributed by atoms with Crippen molar-refractivity contribution in [1.82, 2.24) is 0 Å². The van der Waals surface area contributed by atoms with Crippen molar-refractivity contribution in [3.05, 3.63) is 28.8 Å². The summed E-state index contributed by atoms with van der Waals surface area (Å²) in [6.45, 7) is 2.60. The molecule has 1 aliphatic heterocycles. The normalized spacial score (nSPS) is 21.0. The number of hydrogen-bond donors (Lipinski definition) is 0. The quantitative estimate of drug-likeness (QED) is 0.658. The summed E-state index contributed by atoms with van der Waals surface area (Å²) >= 11 is 5.82. The molecule has 1 aromatic rings. The Kier molecular flexibility index (Phi) is 2.46. The topological polar surface area (TPSA) is 26.3 Å². The molecule has 3 heteroatoms. The smallest absolute Gasteiger partial charge is 0.167 e. The van der Waals surface area contributed by atoms with E-state index in [0.29, 0.717) is 29.4 Å². The molecular formula is C11H11ClO2. The maximum Gasteiger partial charge on any atom is 0.167 e. The molecule has 74 valence electrons. The monoisotopic (exact) mass is 210 g/mol. The zero-order valence-corrected chi connectivity index (χ0v) is 8.67. The molecule has 0 saturated carbocycles. The molecule has 1 aromatic carbocycles. The predicted octanol–water partition coefficient (Wildman–Crippen LogP) is 2.94. The number of rotatable bonds is 0. The number of benzene rings is 1. The molecule has 2 rings (SSSR count). The molecule has 14 heavy (non-hydrogen) atoms. The van der Waals surface area contributed by atoms with Crippen LogP contribution in [-0.4, -0.2) is 12.4 Å². The molecule has 0 N–H and O–H groups in total. The van der Waals surface area contributed by atoms with Crippen LogP contribution in [-0.2, 0) is 0 Å². The maximum absolute atomic E-state index is 11.7. The van der Waals surface area contributed by atoms with E-state index in [0.717, 1.165) is 0 Å². The fraction of sp³-hybridized carbons (Fsp3) is 0.364. The lowest BCUT2D eigenvalue weighted by Crippen LogP contribution is -2.07. The molecule has 0 aliphatic carbocycles. The number of Topliss-reactive ketones (excluding diaryl/α,β-unsaturated/α-hetero) is 1. The highest BCUT2D eigenvalue weighted by Crippen LogP contribution is 2.28. The van der Waals surface area contributed by atoms with Crippen LogP contribution in [0.5, 0.6) is 5.75 Å². The Morgan fingerprint density at radius 3 is 3.07 bits per heavy atom. The fourth-order valence-electron chi connectivity index (χ4n) is 1.56. The Hall–Kier alpha value is -1.02. The first kappa shape index (κ1) is 9.53. The summed E-state index contributed by atoms with van der Waals surface area (Å²) in [5, 5.41) is 0.579. The van der Waals surface area contributed by atoms with E-state index in [1.165, 1.54) is 0 Å². The fourth-order valence-corrected chi connectivity index (χ4v) is 1.74. The van der Waals surface area contributed by atoms with Crippen LogP contribution in [0.4, 0.5) is 0 Å². The first-order valence-corrected chi connectivity index (χ1v) is 5.00. The second kappa shape index (κ2) is 3.62. The van der Waals surface area contributed by atoms with E-state index in [1.807, 2.05) is 6.92 Å². The van der Waals surface area contributed by atoms with Crippen molar-refractivity contribution in [1.29, 1.82) is 0 Å². The van der Waals surface area contributed by atoms with E-state index in [2.05, 4.69) is 0 Å². The van der Waals surface area contributed by atoms with E-state index >= 15 is 0 Å². The van der Waals surface area contributed by atoms with Crippen LogP contribution in [0.3, 0.4) is 0 Å². The molecule has 0 fully saturated rings. The third kappa shape index (κ3) is 1.75. The largest absolute Gasteiger partial charge is 0.493 e. The average Bonchev–Trinajstić information content (AvgIpc) is 2.27. The minimum Gasteiger partial charge on any atom is -0.493 e. The van der Waals surface area contributed by atoms with E-state index in [1.54, 1.807) is 18.2 Å². The zero-order chi connectivity index (χ0) is 10.1. The standard InChI is InChI=1S/C11H11ClO2/c1-7-4-10(13)9-5-8(12)2-3-11(9)14-6-7/h2-3,5,7H,4,6H2,1H3/t7-/m0/s1. The molecular weight excluding hydrogens is 200 g/mol. The van der Waals surface area contributed by atoms with Gasteiger partial charge >= 0.3 is 0 Å². The summed E-state index contributed by atoms with van der Waals surface area (Å²) in [4.78, 5) is 11.7. The average molecular weight is 211 g/mol. The van der Waals surface area contributed by atoms with Gasteiger partial charge < -0.3 is 4.74 Å². The van der Waals surface area contributed by atoms with Crippen LogP contribution in [0.15, 0.2) is 18.2 Å². The summed E-state index contributed by atoms with van der Waals surface area (Å²) in [6.07, 6.45) is 0.535. The van der Waals surface area contributed by atoms with Gasteiger partial charge in [0.1, 0.15) is 5.75 Å². The molecule has 0 aromatic heterocycles. The van der Waals surface area contributed by atoms with Crippen LogP contribution in [0.25, 0.3) is 0 Å². The lowest BCUT2D eigenvalue weighted by molar-refractivity contribution is 0.0966. The van der Waals surface area contributed by atoms with Crippen LogP contribution < -0.4 is 4.74 Å². The summed E-state index contributed by atoms with van der Waals surface area (Å²) in [6, 6.07) is 5.18. The maximum atomic E-state index is 11.7. The zero-order valence-electron chi connectivity index (χ0n) is 7.92. The molecule has 0 amide bonds. The number of carbonyl (C=O) groups excluding carboxylic acids is 1. The summed E-state index contributed by atoms with van der Waals surface area (Å²) < 4.78 is 5.51.